The van der Waals surface area contributed by atoms with E-state index < -0.39 is 0 Å². The van der Waals surface area contributed by atoms with Gasteiger partial charge < -0.3 is 10.3 Å². The molecule has 18 heavy (non-hydrogen) atoms. The maximum Gasteiger partial charge on any atom is 0.271 e. The first-order valence-corrected chi connectivity index (χ1v) is 6.00. The molecule has 2 heterocycles. The molecule has 0 unspecified atom stereocenters. The molecule has 0 saturated carbocycles. The molecule has 2 N–H and O–H groups in total. The van der Waals surface area contributed by atoms with Crippen LogP contribution in [-0.4, -0.2) is 19.7 Å². The van der Waals surface area contributed by atoms with Crippen LogP contribution in [0.4, 0.5) is 5.69 Å². The average molecular weight is 259 g/mol. The van der Waals surface area contributed by atoms with Gasteiger partial charge in [-0.15, -0.1) is 5.10 Å². The number of nitrogens with zero attached hydrogens (tertiary/aromatic N) is 4. The van der Waals surface area contributed by atoms with Crippen LogP contribution in [0, 0.1) is 6.92 Å². The van der Waals surface area contributed by atoms with Gasteiger partial charge in [-0.05, 0) is 42.7 Å². The number of nitrogen functional groups attached to an aromatic ring is 1. The van der Waals surface area contributed by atoms with Crippen LogP contribution in [0.5, 0.6) is 0 Å². The van der Waals surface area contributed by atoms with Crippen LogP contribution in [0.2, 0.25) is 0 Å². The van der Waals surface area contributed by atoms with E-state index in [4.69, 9.17) is 10.3 Å². The molecule has 3 aromatic rings. The number of anilines is 1. The quantitative estimate of drug-likeness (QED) is 0.709. The number of aromatic nitrogens is 4. The van der Waals surface area contributed by atoms with Gasteiger partial charge in [0.05, 0.1) is 5.69 Å². The predicted octanol–water partition coefficient (Wildman–Crippen LogP) is 2.15. The van der Waals surface area contributed by atoms with Crippen LogP contribution in [0.3, 0.4) is 0 Å². The van der Waals surface area contributed by atoms with Crippen LogP contribution < -0.4 is 5.73 Å². The fraction of sp³-hybridized carbons (Fsp3) is 0.0909. The van der Waals surface area contributed by atoms with Gasteiger partial charge in [0.25, 0.3) is 5.89 Å². The topological polar surface area (TPSA) is 90.7 Å². The Kier molecular flexibility index (Phi) is 2.52. The van der Waals surface area contributed by atoms with Gasteiger partial charge >= 0.3 is 0 Å². The monoisotopic (exact) mass is 259 g/mol. The van der Waals surface area contributed by atoms with Crippen molar-refractivity contribution in [1.82, 2.24) is 19.7 Å². The minimum absolute atomic E-state index is 0.439. The van der Waals surface area contributed by atoms with E-state index in [2.05, 4.69) is 19.7 Å². The van der Waals surface area contributed by atoms with E-state index in [0.29, 0.717) is 17.4 Å². The van der Waals surface area contributed by atoms with Crippen molar-refractivity contribution in [1.29, 1.82) is 0 Å². The molecule has 0 aliphatic rings. The number of hydrogen-bond donors (Lipinski definition) is 1. The number of nitrogens with two attached hydrogens (primary N) is 1. The largest absolute Gasteiger partial charge is 0.399 e. The molecule has 2 aromatic heterocycles. The normalized spacial score (nSPS) is 10.7. The number of hydrogen-bond acceptors (Lipinski definition) is 7. The summed E-state index contributed by atoms with van der Waals surface area (Å²) in [5, 5.41) is 7.85. The van der Waals surface area contributed by atoms with Crippen molar-refractivity contribution in [2.75, 3.05) is 5.73 Å². The van der Waals surface area contributed by atoms with Gasteiger partial charge in [0.15, 0.2) is 0 Å². The van der Waals surface area contributed by atoms with Crippen molar-refractivity contribution < 1.29 is 4.52 Å². The lowest BCUT2D eigenvalue weighted by atomic mass is 10.2. The first-order valence-electron chi connectivity index (χ1n) is 5.23. The van der Waals surface area contributed by atoms with Crippen LogP contribution in [0.1, 0.15) is 5.69 Å². The third-order valence-electron chi connectivity index (χ3n) is 2.44. The molecule has 6 nitrogen and oxygen atoms in total. The van der Waals surface area contributed by atoms with E-state index in [1.807, 2.05) is 19.1 Å². The summed E-state index contributed by atoms with van der Waals surface area (Å²) in [4.78, 5) is 5.12. The summed E-state index contributed by atoms with van der Waals surface area (Å²) in [5.74, 6) is 0.965. The van der Waals surface area contributed by atoms with E-state index in [1.54, 1.807) is 12.1 Å². The Labute approximate surface area is 107 Å². The Hall–Kier alpha value is -2.28. The van der Waals surface area contributed by atoms with Gasteiger partial charge in [-0.3, -0.25) is 0 Å². The van der Waals surface area contributed by atoms with Gasteiger partial charge in [0.1, 0.15) is 4.88 Å². The van der Waals surface area contributed by atoms with Crippen LogP contribution >= 0.6 is 11.5 Å². The Balaban J connectivity index is 1.99. The van der Waals surface area contributed by atoms with Crippen molar-refractivity contribution in [3.05, 3.63) is 30.0 Å². The molecule has 7 heteroatoms. The third kappa shape index (κ3) is 1.84. The average Bonchev–Trinajstić information content (AvgIpc) is 2.98. The zero-order chi connectivity index (χ0) is 12.5. The Bertz CT molecular complexity index is 673. The zero-order valence-corrected chi connectivity index (χ0v) is 10.3. The summed E-state index contributed by atoms with van der Waals surface area (Å²) in [6.07, 6.45) is 0. The number of rotatable bonds is 2. The Morgan fingerprint density at radius 3 is 2.67 bits per heavy atom. The van der Waals surface area contributed by atoms with E-state index >= 15 is 0 Å². The van der Waals surface area contributed by atoms with Crippen LogP contribution in [0.25, 0.3) is 22.2 Å². The molecule has 0 amide bonds. The molecule has 0 saturated heterocycles. The molecule has 0 fully saturated rings. The maximum absolute atomic E-state index is 5.63. The van der Waals surface area contributed by atoms with Crippen molar-refractivity contribution in [3.8, 4) is 22.2 Å². The minimum atomic E-state index is 0.439. The van der Waals surface area contributed by atoms with Gasteiger partial charge in [0, 0.05) is 11.3 Å². The van der Waals surface area contributed by atoms with Crippen LogP contribution in [0.15, 0.2) is 28.8 Å². The number of aryl methyl sites for hydroxylation is 1. The summed E-state index contributed by atoms with van der Waals surface area (Å²) in [7, 11) is 0. The van der Waals surface area contributed by atoms with Crippen molar-refractivity contribution in [2.24, 2.45) is 0 Å². The van der Waals surface area contributed by atoms with Gasteiger partial charge in [-0.1, -0.05) is 9.64 Å². The molecule has 3 rings (SSSR count). The molecule has 0 atom stereocenters. The first-order chi connectivity index (χ1) is 8.74. The lowest BCUT2D eigenvalue weighted by molar-refractivity contribution is 0.433. The van der Waals surface area contributed by atoms with Gasteiger partial charge in [0.2, 0.25) is 5.82 Å². The second-order valence-electron chi connectivity index (χ2n) is 3.73. The smallest absolute Gasteiger partial charge is 0.271 e. The highest BCUT2D eigenvalue weighted by atomic mass is 32.1. The highest BCUT2D eigenvalue weighted by molar-refractivity contribution is 7.09. The van der Waals surface area contributed by atoms with Crippen molar-refractivity contribution in [2.45, 2.75) is 6.92 Å². The fourth-order valence-electron chi connectivity index (χ4n) is 1.49. The molecule has 0 radical (unpaired) electrons. The van der Waals surface area contributed by atoms with Crippen molar-refractivity contribution >= 4 is 17.2 Å². The highest BCUT2D eigenvalue weighted by Gasteiger charge is 2.15. The maximum atomic E-state index is 5.63. The fourth-order valence-corrected chi connectivity index (χ4v) is 2.07. The standard InChI is InChI=1S/C11H9N5OS/c1-6-9(18-16-14-6)11-13-10(15-17-11)7-2-4-8(12)5-3-7/h2-5H,12H2,1H3. The molecule has 0 bridgehead atoms. The molecule has 0 aliphatic heterocycles. The third-order valence-corrected chi connectivity index (χ3v) is 3.26. The second-order valence-corrected chi connectivity index (χ2v) is 4.49. The summed E-state index contributed by atoms with van der Waals surface area (Å²) in [5.41, 5.74) is 7.97. The molecule has 0 spiro atoms. The lowest BCUT2D eigenvalue weighted by Gasteiger charge is -1.94. The first kappa shape index (κ1) is 10.8. The van der Waals surface area contributed by atoms with Gasteiger partial charge in [-0.25, -0.2) is 0 Å². The zero-order valence-electron chi connectivity index (χ0n) is 9.49. The molecular weight excluding hydrogens is 250 g/mol. The SMILES string of the molecule is Cc1nnsc1-c1nc(-c2ccc(N)cc2)no1. The summed E-state index contributed by atoms with van der Waals surface area (Å²) in [6, 6.07) is 7.29. The van der Waals surface area contributed by atoms with Crippen molar-refractivity contribution in [3.63, 3.8) is 0 Å². The highest BCUT2D eigenvalue weighted by Crippen LogP contribution is 2.26. The lowest BCUT2D eigenvalue weighted by Crippen LogP contribution is -1.85. The summed E-state index contributed by atoms with van der Waals surface area (Å²) < 4.78 is 9.05. The molecule has 90 valence electrons. The van der Waals surface area contributed by atoms with E-state index in [9.17, 15) is 0 Å². The second kappa shape index (κ2) is 4.19. The Morgan fingerprint density at radius 1 is 1.22 bits per heavy atom. The molecule has 1 aromatic carbocycles. The van der Waals surface area contributed by atoms with Crippen LogP contribution in [-0.2, 0) is 0 Å². The summed E-state index contributed by atoms with van der Waals surface area (Å²) >= 11 is 1.24. The number of benzene rings is 1. The minimum Gasteiger partial charge on any atom is -0.399 e. The molecule has 0 aliphatic carbocycles. The molecular formula is C11H9N5OS. The summed E-state index contributed by atoms with van der Waals surface area (Å²) in [6.45, 7) is 1.85. The van der Waals surface area contributed by atoms with Gasteiger partial charge in [-0.2, -0.15) is 4.98 Å². The van der Waals surface area contributed by atoms with E-state index in [-0.39, 0.29) is 0 Å². The Morgan fingerprint density at radius 2 is 2.00 bits per heavy atom. The van der Waals surface area contributed by atoms with E-state index in [0.717, 1.165) is 16.1 Å². The predicted molar refractivity (Wildman–Crippen MR) is 67.8 cm³/mol. The van der Waals surface area contributed by atoms with E-state index in [1.165, 1.54) is 11.5 Å².